The lowest BCUT2D eigenvalue weighted by molar-refractivity contribution is 0.476. The number of nitrogens with zero attached hydrogens (tertiary/aromatic N) is 1. The van der Waals surface area contributed by atoms with Gasteiger partial charge in [0.05, 0.1) is 10.6 Å². The molecule has 0 N–H and O–H groups in total. The lowest BCUT2D eigenvalue weighted by Crippen LogP contribution is -2.11. The first-order valence-electron chi connectivity index (χ1n) is 8.64. The first kappa shape index (κ1) is 18.4. The maximum absolute atomic E-state index is 12.7. The van der Waals surface area contributed by atoms with Crippen LogP contribution in [0.15, 0.2) is 89.1 Å². The molecule has 140 valence electrons. The van der Waals surface area contributed by atoms with Crippen LogP contribution < -0.4 is 4.18 Å². The average Bonchev–Trinajstić information content (AvgIpc) is 3.23. The van der Waals surface area contributed by atoms with Crippen molar-refractivity contribution in [2.24, 2.45) is 0 Å². The van der Waals surface area contributed by atoms with E-state index in [-0.39, 0.29) is 10.8 Å². The predicted molar refractivity (Wildman–Crippen MR) is 112 cm³/mol. The fourth-order valence-corrected chi connectivity index (χ4v) is 4.32. The molecule has 28 heavy (non-hydrogen) atoms. The van der Waals surface area contributed by atoms with E-state index in [1.54, 1.807) is 18.2 Å². The van der Waals surface area contributed by atoms with E-state index >= 15 is 0 Å². The summed E-state index contributed by atoms with van der Waals surface area (Å²) < 4.78 is 30.8. The molecule has 6 heteroatoms. The molecule has 4 aromatic rings. The minimum absolute atomic E-state index is 0.0466. The number of thiophene rings is 1. The van der Waals surface area contributed by atoms with Crippen molar-refractivity contribution in [1.29, 1.82) is 0 Å². The van der Waals surface area contributed by atoms with E-state index in [0.29, 0.717) is 5.69 Å². The first-order chi connectivity index (χ1) is 13.5. The smallest absolute Gasteiger partial charge is 0.340 e. The van der Waals surface area contributed by atoms with Gasteiger partial charge in [0, 0.05) is 6.07 Å². The maximum Gasteiger partial charge on any atom is 0.340 e. The minimum atomic E-state index is -3.97. The quantitative estimate of drug-likeness (QED) is 0.407. The molecule has 4 rings (SSSR count). The third-order valence-electron chi connectivity index (χ3n) is 4.19. The van der Waals surface area contributed by atoms with Crippen LogP contribution in [0.5, 0.6) is 5.88 Å². The molecule has 0 amide bonds. The molecular weight excluding hydrogens is 390 g/mol. The molecular formula is C22H17NO3S2. The third-order valence-corrected chi connectivity index (χ3v) is 6.32. The molecule has 0 radical (unpaired) electrons. The van der Waals surface area contributed by atoms with Crippen LogP contribution in [-0.4, -0.2) is 13.4 Å². The summed E-state index contributed by atoms with van der Waals surface area (Å²) >= 11 is 1.54. The van der Waals surface area contributed by atoms with Crippen LogP contribution in [0.4, 0.5) is 0 Å². The molecule has 0 aliphatic carbocycles. The van der Waals surface area contributed by atoms with Crippen LogP contribution in [0.1, 0.15) is 5.56 Å². The summed E-state index contributed by atoms with van der Waals surface area (Å²) in [5, 5.41) is 1.95. The molecule has 0 fully saturated rings. The zero-order valence-electron chi connectivity index (χ0n) is 15.1. The van der Waals surface area contributed by atoms with E-state index < -0.39 is 10.1 Å². The molecule has 0 bridgehead atoms. The fourth-order valence-electron chi connectivity index (χ4n) is 2.76. The van der Waals surface area contributed by atoms with Crippen LogP contribution in [-0.2, 0) is 10.1 Å². The Morgan fingerprint density at radius 2 is 1.61 bits per heavy atom. The minimum Gasteiger partial charge on any atom is -0.358 e. The van der Waals surface area contributed by atoms with Gasteiger partial charge in [0.15, 0.2) is 0 Å². The van der Waals surface area contributed by atoms with Crippen molar-refractivity contribution in [3.05, 3.63) is 89.8 Å². The lowest BCUT2D eigenvalue weighted by atomic mass is 10.1. The van der Waals surface area contributed by atoms with Gasteiger partial charge in [0.2, 0.25) is 5.88 Å². The van der Waals surface area contributed by atoms with Crippen LogP contribution in [0, 0.1) is 6.92 Å². The normalized spacial score (nSPS) is 11.3. The monoisotopic (exact) mass is 407 g/mol. The fraction of sp³-hybridized carbons (Fsp3) is 0.0455. The Kier molecular flexibility index (Phi) is 4.98. The Balaban J connectivity index is 1.78. The van der Waals surface area contributed by atoms with Gasteiger partial charge in [-0.3, -0.25) is 0 Å². The van der Waals surface area contributed by atoms with Gasteiger partial charge in [-0.15, -0.1) is 11.3 Å². The zero-order chi connectivity index (χ0) is 19.6. The van der Waals surface area contributed by atoms with E-state index in [2.05, 4.69) is 4.98 Å². The summed E-state index contributed by atoms with van der Waals surface area (Å²) in [5.74, 6) is 0.0466. The van der Waals surface area contributed by atoms with Crippen molar-refractivity contribution < 1.29 is 12.6 Å². The van der Waals surface area contributed by atoms with Crippen LogP contribution in [0.3, 0.4) is 0 Å². The van der Waals surface area contributed by atoms with Crippen LogP contribution in [0.2, 0.25) is 0 Å². The summed E-state index contributed by atoms with van der Waals surface area (Å²) in [5.41, 5.74) is 3.45. The van der Waals surface area contributed by atoms with Crippen LogP contribution >= 0.6 is 11.3 Å². The number of aryl methyl sites for hydroxylation is 1. The van der Waals surface area contributed by atoms with Gasteiger partial charge in [-0.1, -0.05) is 54.1 Å². The summed E-state index contributed by atoms with van der Waals surface area (Å²) in [6.45, 7) is 1.90. The van der Waals surface area contributed by atoms with Crippen molar-refractivity contribution >= 4 is 21.5 Å². The zero-order valence-corrected chi connectivity index (χ0v) is 16.7. The van der Waals surface area contributed by atoms with Gasteiger partial charge in [0.25, 0.3) is 0 Å². The van der Waals surface area contributed by atoms with Gasteiger partial charge in [0.1, 0.15) is 4.90 Å². The molecule has 2 aromatic heterocycles. The highest BCUT2D eigenvalue weighted by molar-refractivity contribution is 7.87. The van der Waals surface area contributed by atoms with E-state index in [1.807, 2.05) is 60.8 Å². The van der Waals surface area contributed by atoms with Gasteiger partial charge in [-0.25, -0.2) is 4.98 Å². The summed E-state index contributed by atoms with van der Waals surface area (Å²) in [6.07, 6.45) is 0. The van der Waals surface area contributed by atoms with Gasteiger partial charge in [-0.05, 0) is 47.7 Å². The summed E-state index contributed by atoms with van der Waals surface area (Å²) in [6, 6.07) is 23.7. The number of aromatic nitrogens is 1. The van der Waals surface area contributed by atoms with E-state index in [1.165, 1.54) is 23.5 Å². The third kappa shape index (κ3) is 3.98. The molecule has 0 atom stereocenters. The van der Waals surface area contributed by atoms with Crippen molar-refractivity contribution in [3.63, 3.8) is 0 Å². The highest BCUT2D eigenvalue weighted by Gasteiger charge is 2.19. The first-order valence-corrected chi connectivity index (χ1v) is 10.9. The summed E-state index contributed by atoms with van der Waals surface area (Å²) in [7, 11) is -3.97. The van der Waals surface area contributed by atoms with Crippen molar-refractivity contribution in [2.75, 3.05) is 0 Å². The molecule has 0 saturated heterocycles. The molecule has 0 unspecified atom stereocenters. The highest BCUT2D eigenvalue weighted by Crippen LogP contribution is 2.31. The number of benzene rings is 2. The van der Waals surface area contributed by atoms with Gasteiger partial charge < -0.3 is 4.18 Å². The standard InChI is InChI=1S/C22H17NO3S2/c1-16-9-11-19(12-10-16)28(24,25)26-22-15-18(17-6-3-2-4-7-17)14-20(23-22)21-8-5-13-27-21/h2-15H,1H3. The largest absolute Gasteiger partial charge is 0.358 e. The lowest BCUT2D eigenvalue weighted by Gasteiger charge is -2.10. The van der Waals surface area contributed by atoms with Crippen molar-refractivity contribution in [3.8, 4) is 27.6 Å². The number of hydrogen-bond acceptors (Lipinski definition) is 5. The Morgan fingerprint density at radius 1 is 0.857 bits per heavy atom. The summed E-state index contributed by atoms with van der Waals surface area (Å²) in [4.78, 5) is 5.48. The second-order valence-electron chi connectivity index (χ2n) is 6.27. The van der Waals surface area contributed by atoms with Crippen LogP contribution in [0.25, 0.3) is 21.7 Å². The molecule has 4 nitrogen and oxygen atoms in total. The second kappa shape index (κ2) is 7.58. The number of hydrogen-bond donors (Lipinski definition) is 0. The van der Waals surface area contributed by atoms with E-state index in [9.17, 15) is 8.42 Å². The SMILES string of the molecule is Cc1ccc(S(=O)(=O)Oc2cc(-c3ccccc3)cc(-c3cccs3)n2)cc1. The molecule has 2 aromatic carbocycles. The molecule has 2 heterocycles. The number of pyridine rings is 1. The highest BCUT2D eigenvalue weighted by atomic mass is 32.2. The van der Waals surface area contributed by atoms with Crippen molar-refractivity contribution in [2.45, 2.75) is 11.8 Å². The molecule has 0 aliphatic rings. The molecule has 0 saturated carbocycles. The Bertz CT molecular complexity index is 1180. The average molecular weight is 408 g/mol. The Morgan fingerprint density at radius 3 is 2.29 bits per heavy atom. The number of rotatable bonds is 5. The predicted octanol–water partition coefficient (Wildman–Crippen LogP) is 5.55. The topological polar surface area (TPSA) is 56.3 Å². The van der Waals surface area contributed by atoms with Gasteiger partial charge >= 0.3 is 10.1 Å². The van der Waals surface area contributed by atoms with Crippen molar-refractivity contribution in [1.82, 2.24) is 4.98 Å². The maximum atomic E-state index is 12.7. The Hall–Kier alpha value is -2.96. The van der Waals surface area contributed by atoms with E-state index in [0.717, 1.165) is 21.6 Å². The second-order valence-corrected chi connectivity index (χ2v) is 8.77. The molecule has 0 spiro atoms. The molecule has 0 aliphatic heterocycles. The van der Waals surface area contributed by atoms with Gasteiger partial charge in [-0.2, -0.15) is 8.42 Å². The van der Waals surface area contributed by atoms with E-state index in [4.69, 9.17) is 4.18 Å². The Labute approximate surface area is 168 Å².